The normalized spacial score (nSPS) is 11.2. The number of Topliss-reactive ketones (excluding diaryl/α,β-unsaturated/α-hetero) is 1. The van der Waals surface area contributed by atoms with Gasteiger partial charge in [-0.15, -0.1) is 0 Å². The quantitative estimate of drug-likeness (QED) is 0.291. The van der Waals surface area contributed by atoms with Gasteiger partial charge >= 0.3 is 0 Å². The first-order valence-electron chi connectivity index (χ1n) is 6.86. The Balaban J connectivity index is 2.19. The molecule has 0 aliphatic carbocycles. The number of phenolic OH excluding ortho intramolecular Hbond substituents is 3. The topological polar surface area (TPSA) is 132 Å². The first-order valence-corrected chi connectivity index (χ1v) is 6.86. The number of pyridine rings is 1. The first kappa shape index (κ1) is 16.9. The number of aromatic hydroxyl groups is 3. The molecule has 8 heteroatoms. The van der Waals surface area contributed by atoms with E-state index < -0.39 is 23.2 Å². The molecule has 24 heavy (non-hydrogen) atoms. The lowest BCUT2D eigenvalue weighted by Crippen LogP contribution is -2.19. The van der Waals surface area contributed by atoms with E-state index >= 15 is 0 Å². The minimum absolute atomic E-state index is 0.0928. The SMILES string of the molecule is CC(=O)c1ccnc(C(C)=NNC(=O)c2cc(O)c(O)c(O)c2)c1. The Morgan fingerprint density at radius 1 is 1.04 bits per heavy atom. The zero-order chi connectivity index (χ0) is 17.9. The Morgan fingerprint density at radius 2 is 1.67 bits per heavy atom. The number of nitrogens with zero attached hydrogens (tertiary/aromatic N) is 2. The summed E-state index contributed by atoms with van der Waals surface area (Å²) in [5.41, 5.74) is 3.39. The maximum absolute atomic E-state index is 12.0. The van der Waals surface area contributed by atoms with Crippen molar-refractivity contribution in [1.29, 1.82) is 0 Å². The van der Waals surface area contributed by atoms with Crippen LogP contribution in [0.15, 0.2) is 35.6 Å². The van der Waals surface area contributed by atoms with Gasteiger partial charge in [0.1, 0.15) is 0 Å². The first-order chi connectivity index (χ1) is 11.3. The molecule has 0 fully saturated rings. The van der Waals surface area contributed by atoms with Gasteiger partial charge in [0, 0.05) is 17.3 Å². The molecule has 0 bridgehead atoms. The summed E-state index contributed by atoms with van der Waals surface area (Å²) in [5.74, 6) is -2.79. The fourth-order valence-corrected chi connectivity index (χ4v) is 1.84. The van der Waals surface area contributed by atoms with Crippen LogP contribution in [0.2, 0.25) is 0 Å². The molecule has 4 N–H and O–H groups in total. The zero-order valence-electron chi connectivity index (χ0n) is 12.9. The van der Waals surface area contributed by atoms with Crippen molar-refractivity contribution in [2.45, 2.75) is 13.8 Å². The van der Waals surface area contributed by atoms with E-state index in [0.29, 0.717) is 17.0 Å². The van der Waals surface area contributed by atoms with E-state index in [0.717, 1.165) is 12.1 Å². The molecular weight excluding hydrogens is 314 g/mol. The number of carbonyl (C=O) groups is 2. The van der Waals surface area contributed by atoms with E-state index in [1.54, 1.807) is 19.1 Å². The van der Waals surface area contributed by atoms with E-state index in [9.17, 15) is 24.9 Å². The second-order valence-electron chi connectivity index (χ2n) is 4.99. The summed E-state index contributed by atoms with van der Waals surface area (Å²) in [6.07, 6.45) is 1.46. The highest BCUT2D eigenvalue weighted by atomic mass is 16.3. The average Bonchev–Trinajstić information content (AvgIpc) is 2.56. The van der Waals surface area contributed by atoms with Gasteiger partial charge in [0.25, 0.3) is 5.91 Å². The van der Waals surface area contributed by atoms with Crippen LogP contribution < -0.4 is 5.43 Å². The molecule has 1 amide bonds. The molecule has 2 aromatic rings. The highest BCUT2D eigenvalue weighted by molar-refractivity contribution is 6.02. The number of amides is 1. The summed E-state index contributed by atoms with van der Waals surface area (Å²) in [6.45, 7) is 3.02. The van der Waals surface area contributed by atoms with Crippen molar-refractivity contribution in [2.24, 2.45) is 5.10 Å². The van der Waals surface area contributed by atoms with Crippen LogP contribution in [-0.4, -0.2) is 37.7 Å². The number of hydrogen-bond donors (Lipinski definition) is 4. The van der Waals surface area contributed by atoms with Gasteiger partial charge in [0.05, 0.1) is 11.4 Å². The average molecular weight is 329 g/mol. The minimum Gasteiger partial charge on any atom is -0.504 e. The number of phenols is 3. The van der Waals surface area contributed by atoms with Crippen LogP contribution in [-0.2, 0) is 0 Å². The van der Waals surface area contributed by atoms with Crippen LogP contribution in [0.4, 0.5) is 0 Å². The second-order valence-corrected chi connectivity index (χ2v) is 4.99. The van der Waals surface area contributed by atoms with Crippen molar-refractivity contribution in [3.63, 3.8) is 0 Å². The number of carbonyl (C=O) groups excluding carboxylic acids is 2. The van der Waals surface area contributed by atoms with Gasteiger partial charge in [-0.05, 0) is 38.1 Å². The fourth-order valence-electron chi connectivity index (χ4n) is 1.84. The molecule has 124 valence electrons. The van der Waals surface area contributed by atoms with Crippen molar-refractivity contribution >= 4 is 17.4 Å². The number of hydrogen-bond acceptors (Lipinski definition) is 7. The smallest absolute Gasteiger partial charge is 0.271 e. The molecule has 0 unspecified atom stereocenters. The van der Waals surface area contributed by atoms with E-state index in [1.165, 1.54) is 13.1 Å². The predicted molar refractivity (Wildman–Crippen MR) is 85.4 cm³/mol. The number of aromatic nitrogens is 1. The maximum atomic E-state index is 12.0. The molecular formula is C16H15N3O5. The molecule has 1 heterocycles. The summed E-state index contributed by atoms with van der Waals surface area (Å²) in [5, 5.41) is 31.9. The molecule has 0 saturated carbocycles. The van der Waals surface area contributed by atoms with Gasteiger partial charge in [-0.2, -0.15) is 5.10 Å². The summed E-state index contributed by atoms with van der Waals surface area (Å²) in [4.78, 5) is 27.4. The van der Waals surface area contributed by atoms with Gasteiger partial charge in [-0.25, -0.2) is 5.43 Å². The molecule has 0 aliphatic heterocycles. The van der Waals surface area contributed by atoms with Gasteiger partial charge in [0.15, 0.2) is 23.0 Å². The van der Waals surface area contributed by atoms with Crippen LogP contribution in [0.25, 0.3) is 0 Å². The lowest BCUT2D eigenvalue weighted by atomic mass is 10.1. The second kappa shape index (κ2) is 6.78. The van der Waals surface area contributed by atoms with Crippen LogP contribution in [0, 0.1) is 0 Å². The molecule has 0 aliphatic rings. The molecule has 1 aromatic carbocycles. The van der Waals surface area contributed by atoms with Crippen molar-refractivity contribution in [1.82, 2.24) is 10.4 Å². The third-order valence-corrected chi connectivity index (χ3v) is 3.19. The number of hydrazone groups is 1. The fraction of sp³-hybridized carbons (Fsp3) is 0.125. The number of ketones is 1. The maximum Gasteiger partial charge on any atom is 0.271 e. The van der Waals surface area contributed by atoms with Crippen LogP contribution in [0.1, 0.15) is 40.3 Å². The van der Waals surface area contributed by atoms with E-state index in [4.69, 9.17) is 0 Å². The lowest BCUT2D eigenvalue weighted by Gasteiger charge is -2.06. The van der Waals surface area contributed by atoms with Gasteiger partial charge in [0.2, 0.25) is 0 Å². The predicted octanol–water partition coefficient (Wildman–Crippen LogP) is 1.55. The third kappa shape index (κ3) is 3.67. The molecule has 0 atom stereocenters. The summed E-state index contributed by atoms with van der Waals surface area (Å²) in [7, 11) is 0. The van der Waals surface area contributed by atoms with Crippen molar-refractivity contribution in [3.05, 3.63) is 47.3 Å². The molecule has 8 nitrogen and oxygen atoms in total. The third-order valence-electron chi connectivity index (χ3n) is 3.19. The number of nitrogens with one attached hydrogen (secondary N) is 1. The Kier molecular flexibility index (Phi) is 4.78. The minimum atomic E-state index is -0.712. The van der Waals surface area contributed by atoms with E-state index in [2.05, 4.69) is 15.5 Å². The Morgan fingerprint density at radius 3 is 2.25 bits per heavy atom. The molecule has 0 radical (unpaired) electrons. The summed E-state index contributed by atoms with van der Waals surface area (Å²) in [6, 6.07) is 5.10. The lowest BCUT2D eigenvalue weighted by molar-refractivity contribution is 0.0952. The van der Waals surface area contributed by atoms with Crippen molar-refractivity contribution < 1.29 is 24.9 Å². The molecule has 1 aromatic heterocycles. The Labute approximate surface area is 137 Å². The van der Waals surface area contributed by atoms with E-state index in [1.807, 2.05) is 0 Å². The number of benzene rings is 1. The van der Waals surface area contributed by atoms with Gasteiger partial charge in [-0.1, -0.05) is 0 Å². The van der Waals surface area contributed by atoms with E-state index in [-0.39, 0.29) is 11.3 Å². The van der Waals surface area contributed by atoms with Crippen LogP contribution in [0.3, 0.4) is 0 Å². The molecule has 0 saturated heterocycles. The standard InChI is InChI=1S/C16H15N3O5/c1-8(12-5-10(9(2)20)3-4-17-12)18-19-16(24)11-6-13(21)15(23)14(22)7-11/h3-7,21-23H,1-2H3,(H,19,24). The summed E-state index contributed by atoms with van der Waals surface area (Å²) < 4.78 is 0. The highest BCUT2D eigenvalue weighted by Crippen LogP contribution is 2.35. The monoisotopic (exact) mass is 329 g/mol. The zero-order valence-corrected chi connectivity index (χ0v) is 12.9. The van der Waals surface area contributed by atoms with Gasteiger partial charge < -0.3 is 15.3 Å². The Bertz CT molecular complexity index is 822. The van der Waals surface area contributed by atoms with Crippen molar-refractivity contribution in [2.75, 3.05) is 0 Å². The Hall–Kier alpha value is -3.42. The van der Waals surface area contributed by atoms with Crippen LogP contribution in [0.5, 0.6) is 17.2 Å². The molecule has 0 spiro atoms. The van der Waals surface area contributed by atoms with Crippen LogP contribution >= 0.6 is 0 Å². The highest BCUT2D eigenvalue weighted by Gasteiger charge is 2.13. The van der Waals surface area contributed by atoms with Crippen molar-refractivity contribution in [3.8, 4) is 17.2 Å². The molecule has 2 rings (SSSR count). The summed E-state index contributed by atoms with van der Waals surface area (Å²) >= 11 is 0. The largest absolute Gasteiger partial charge is 0.504 e. The number of rotatable bonds is 4. The van der Waals surface area contributed by atoms with Gasteiger partial charge in [-0.3, -0.25) is 14.6 Å².